The van der Waals surface area contributed by atoms with Gasteiger partial charge in [-0.2, -0.15) is 5.10 Å². The summed E-state index contributed by atoms with van der Waals surface area (Å²) >= 11 is 0. The van der Waals surface area contributed by atoms with E-state index < -0.39 is 17.5 Å². The van der Waals surface area contributed by atoms with Crippen LogP contribution in [0.3, 0.4) is 0 Å². The fourth-order valence-electron chi connectivity index (χ4n) is 1.50. The number of amides is 1. The van der Waals surface area contributed by atoms with Crippen LogP contribution in [0.5, 0.6) is 5.75 Å². The van der Waals surface area contributed by atoms with E-state index >= 15 is 0 Å². The Morgan fingerprint density at radius 3 is 2.45 bits per heavy atom. The number of nitrogens with one attached hydrogen (secondary N) is 1. The van der Waals surface area contributed by atoms with Gasteiger partial charge in [0.15, 0.2) is 0 Å². The second-order valence-electron chi connectivity index (χ2n) is 3.88. The van der Waals surface area contributed by atoms with Crippen LogP contribution in [0, 0.1) is 11.6 Å². The fourth-order valence-corrected chi connectivity index (χ4v) is 1.50. The van der Waals surface area contributed by atoms with E-state index in [4.69, 9.17) is 0 Å². The van der Waals surface area contributed by atoms with Gasteiger partial charge in [-0.15, -0.1) is 0 Å². The summed E-state index contributed by atoms with van der Waals surface area (Å²) in [5.41, 5.74) is 1.95. The van der Waals surface area contributed by atoms with E-state index in [1.54, 1.807) is 0 Å². The second-order valence-corrected chi connectivity index (χ2v) is 3.88. The number of carbonyl (C=O) groups excluding carboxylic acids is 1. The number of hydrazone groups is 1. The molecule has 102 valence electrons. The minimum absolute atomic E-state index is 0.0678. The zero-order chi connectivity index (χ0) is 14.5. The first-order chi connectivity index (χ1) is 9.58. The minimum Gasteiger partial charge on any atom is -0.508 e. The van der Waals surface area contributed by atoms with E-state index in [2.05, 4.69) is 10.5 Å². The van der Waals surface area contributed by atoms with E-state index in [-0.39, 0.29) is 16.9 Å². The average Bonchev–Trinajstić information content (AvgIpc) is 2.42. The highest BCUT2D eigenvalue weighted by Crippen LogP contribution is 2.11. The van der Waals surface area contributed by atoms with E-state index in [9.17, 15) is 18.7 Å². The molecular weight excluding hydrogens is 266 g/mol. The predicted octanol–water partition coefficient (Wildman–Crippen LogP) is 2.43. The molecule has 0 aromatic heterocycles. The summed E-state index contributed by atoms with van der Waals surface area (Å²) in [6, 6.07) is 9.01. The van der Waals surface area contributed by atoms with Crippen molar-refractivity contribution in [2.75, 3.05) is 0 Å². The molecule has 1 amide bonds. The Hall–Kier alpha value is -2.76. The first-order valence-electron chi connectivity index (χ1n) is 5.64. The molecule has 0 saturated heterocycles. The molecule has 0 atom stereocenters. The third-order valence-corrected chi connectivity index (χ3v) is 2.47. The third-order valence-electron chi connectivity index (χ3n) is 2.47. The standard InChI is InChI=1S/C14H10F2N2O2/c15-12-5-2-6-13(16)11(12)8-17-18-14(20)9-3-1-4-10(19)7-9/h1-8,19H,(H,18,20)/b17-8+. The zero-order valence-electron chi connectivity index (χ0n) is 10.2. The number of phenols is 1. The molecule has 2 aromatic carbocycles. The van der Waals surface area contributed by atoms with Crippen molar-refractivity contribution in [3.63, 3.8) is 0 Å². The van der Waals surface area contributed by atoms with Crippen LogP contribution in [0.4, 0.5) is 8.78 Å². The molecule has 0 aliphatic heterocycles. The minimum atomic E-state index is -0.777. The lowest BCUT2D eigenvalue weighted by Gasteiger charge is -2.01. The molecule has 2 N–H and O–H groups in total. The van der Waals surface area contributed by atoms with Crippen molar-refractivity contribution in [1.29, 1.82) is 0 Å². The molecule has 0 heterocycles. The fraction of sp³-hybridized carbons (Fsp3) is 0. The number of hydrogen-bond acceptors (Lipinski definition) is 3. The van der Waals surface area contributed by atoms with Crippen LogP contribution in [-0.4, -0.2) is 17.2 Å². The van der Waals surface area contributed by atoms with Gasteiger partial charge in [0.2, 0.25) is 0 Å². The van der Waals surface area contributed by atoms with E-state index in [0.717, 1.165) is 18.3 Å². The first-order valence-corrected chi connectivity index (χ1v) is 5.64. The van der Waals surface area contributed by atoms with Crippen molar-refractivity contribution in [3.8, 4) is 5.75 Å². The Bertz CT molecular complexity index is 652. The van der Waals surface area contributed by atoms with Gasteiger partial charge in [0.1, 0.15) is 17.4 Å². The lowest BCUT2D eigenvalue weighted by molar-refractivity contribution is 0.0954. The molecular formula is C14H10F2N2O2. The number of benzene rings is 2. The van der Waals surface area contributed by atoms with Gasteiger partial charge in [-0.1, -0.05) is 12.1 Å². The highest BCUT2D eigenvalue weighted by atomic mass is 19.1. The Kier molecular flexibility index (Phi) is 4.05. The monoisotopic (exact) mass is 276 g/mol. The summed E-state index contributed by atoms with van der Waals surface area (Å²) in [7, 11) is 0. The van der Waals surface area contributed by atoms with E-state index in [1.165, 1.54) is 30.3 Å². The summed E-state index contributed by atoms with van der Waals surface area (Å²) in [5, 5.41) is 12.7. The second kappa shape index (κ2) is 5.92. The number of halogens is 2. The summed E-state index contributed by atoms with van der Waals surface area (Å²) in [6.45, 7) is 0. The van der Waals surface area contributed by atoms with Crippen LogP contribution in [0.1, 0.15) is 15.9 Å². The molecule has 2 aromatic rings. The lowest BCUT2D eigenvalue weighted by atomic mass is 10.2. The average molecular weight is 276 g/mol. The van der Waals surface area contributed by atoms with Crippen molar-refractivity contribution >= 4 is 12.1 Å². The number of nitrogens with zero attached hydrogens (tertiary/aromatic N) is 1. The van der Waals surface area contributed by atoms with Crippen LogP contribution in [-0.2, 0) is 0 Å². The van der Waals surface area contributed by atoms with Crippen LogP contribution < -0.4 is 5.43 Å². The summed E-state index contributed by atoms with van der Waals surface area (Å²) < 4.78 is 26.5. The topological polar surface area (TPSA) is 61.7 Å². The van der Waals surface area contributed by atoms with Gasteiger partial charge in [-0.25, -0.2) is 14.2 Å². The summed E-state index contributed by atoms with van der Waals surface area (Å²) in [6.07, 6.45) is 0.880. The molecule has 0 radical (unpaired) electrons. The molecule has 4 nitrogen and oxygen atoms in total. The molecule has 0 bridgehead atoms. The van der Waals surface area contributed by atoms with Gasteiger partial charge in [0.05, 0.1) is 11.8 Å². The predicted molar refractivity (Wildman–Crippen MR) is 69.5 cm³/mol. The molecule has 0 saturated carbocycles. The van der Waals surface area contributed by atoms with Crippen LogP contribution in [0.2, 0.25) is 0 Å². The van der Waals surface area contributed by atoms with Crippen molar-refractivity contribution in [2.45, 2.75) is 0 Å². The highest BCUT2D eigenvalue weighted by Gasteiger charge is 2.07. The quantitative estimate of drug-likeness (QED) is 0.668. The molecule has 0 unspecified atom stereocenters. The van der Waals surface area contributed by atoms with Gasteiger partial charge in [0, 0.05) is 5.56 Å². The van der Waals surface area contributed by atoms with Crippen molar-refractivity contribution < 1.29 is 18.7 Å². The largest absolute Gasteiger partial charge is 0.508 e. The van der Waals surface area contributed by atoms with E-state index in [1.807, 2.05) is 0 Å². The van der Waals surface area contributed by atoms with Gasteiger partial charge >= 0.3 is 0 Å². The molecule has 0 fully saturated rings. The third kappa shape index (κ3) is 3.17. The molecule has 0 aliphatic rings. The zero-order valence-corrected chi connectivity index (χ0v) is 10.2. The van der Waals surface area contributed by atoms with Crippen molar-refractivity contribution in [2.24, 2.45) is 5.10 Å². The molecule has 20 heavy (non-hydrogen) atoms. The van der Waals surface area contributed by atoms with Gasteiger partial charge in [-0.3, -0.25) is 4.79 Å². The molecule has 0 aliphatic carbocycles. The molecule has 0 spiro atoms. The maximum absolute atomic E-state index is 13.3. The van der Waals surface area contributed by atoms with Crippen molar-refractivity contribution in [3.05, 3.63) is 65.2 Å². The van der Waals surface area contributed by atoms with Gasteiger partial charge in [0.25, 0.3) is 5.91 Å². The Morgan fingerprint density at radius 1 is 1.15 bits per heavy atom. The number of rotatable bonds is 3. The smallest absolute Gasteiger partial charge is 0.271 e. The van der Waals surface area contributed by atoms with Crippen LogP contribution in [0.25, 0.3) is 0 Å². The maximum Gasteiger partial charge on any atom is 0.271 e. The van der Waals surface area contributed by atoms with Crippen LogP contribution in [0.15, 0.2) is 47.6 Å². The Balaban J connectivity index is 2.09. The Labute approximate surface area is 113 Å². The number of carbonyl (C=O) groups is 1. The number of hydrogen-bond donors (Lipinski definition) is 2. The summed E-state index contributed by atoms with van der Waals surface area (Å²) in [4.78, 5) is 11.6. The first kappa shape index (κ1) is 13.7. The molecule has 2 rings (SSSR count). The van der Waals surface area contributed by atoms with Crippen LogP contribution >= 0.6 is 0 Å². The summed E-state index contributed by atoms with van der Waals surface area (Å²) in [5.74, 6) is -2.23. The normalized spacial score (nSPS) is 10.7. The number of aromatic hydroxyl groups is 1. The maximum atomic E-state index is 13.3. The molecule has 6 heteroatoms. The Morgan fingerprint density at radius 2 is 1.80 bits per heavy atom. The van der Waals surface area contributed by atoms with E-state index in [0.29, 0.717) is 0 Å². The highest BCUT2D eigenvalue weighted by molar-refractivity contribution is 5.95. The van der Waals surface area contributed by atoms with Gasteiger partial charge in [-0.05, 0) is 30.3 Å². The number of phenolic OH excluding ortho intramolecular Hbond substituents is 1. The van der Waals surface area contributed by atoms with Crippen molar-refractivity contribution in [1.82, 2.24) is 5.43 Å². The SMILES string of the molecule is O=C(N/N=C/c1c(F)cccc1F)c1cccc(O)c1. The lowest BCUT2D eigenvalue weighted by Crippen LogP contribution is -2.17. The van der Waals surface area contributed by atoms with Gasteiger partial charge < -0.3 is 5.11 Å².